The van der Waals surface area contributed by atoms with E-state index in [-0.39, 0.29) is 0 Å². The van der Waals surface area contributed by atoms with E-state index in [1.165, 1.54) is 11.6 Å². The van der Waals surface area contributed by atoms with E-state index in [2.05, 4.69) is 56.4 Å². The van der Waals surface area contributed by atoms with Gasteiger partial charge in [0.2, 0.25) is 0 Å². The Hall–Kier alpha value is -0.563. The number of hydrogen-bond acceptors (Lipinski definition) is 0. The van der Waals surface area contributed by atoms with E-state index in [1.54, 1.807) is 0 Å². The monoisotopic (exact) mass is 177 g/mol. The molecule has 65 valence electrons. The first-order chi connectivity index (χ1) is 5.58. The van der Waals surface area contributed by atoms with Crippen LogP contribution >= 0.6 is 0 Å². The molecule has 1 rings (SSSR count). The van der Waals surface area contributed by atoms with Gasteiger partial charge in [0.15, 0.2) is 0 Å². The zero-order chi connectivity index (χ0) is 9.03. The molecule has 1 radical (unpaired) electrons. The summed E-state index contributed by atoms with van der Waals surface area (Å²) < 4.78 is 0. The summed E-state index contributed by atoms with van der Waals surface area (Å²) in [4.78, 5) is 0. The van der Waals surface area contributed by atoms with Crippen LogP contribution in [0.5, 0.6) is 0 Å². The molecule has 0 aliphatic rings. The normalized spacial score (nSPS) is 11.6. The maximum absolute atomic E-state index is 2.40. The van der Waals surface area contributed by atoms with Gasteiger partial charge in [-0.3, -0.25) is 0 Å². The lowest BCUT2D eigenvalue weighted by molar-refractivity contribution is 1.34. The number of hydrogen-bond donors (Lipinski definition) is 0. The molecule has 0 aliphatic heterocycles. The summed E-state index contributed by atoms with van der Waals surface area (Å²) in [6, 6.07) is 11.9. The van der Waals surface area contributed by atoms with Gasteiger partial charge in [-0.05, 0) is 12.0 Å². The molecule has 12 heavy (non-hydrogen) atoms. The van der Waals surface area contributed by atoms with Crippen molar-refractivity contribution in [2.45, 2.75) is 25.7 Å². The minimum atomic E-state index is -0.896. The fraction of sp³-hybridized carbons (Fsp3) is 0.364. The smallest absolute Gasteiger partial charge is 0.0448 e. The highest BCUT2D eigenvalue weighted by Crippen LogP contribution is 2.14. The molecule has 0 fully saturated rings. The summed E-state index contributed by atoms with van der Waals surface area (Å²) in [5.41, 5.74) is 1.36. The van der Waals surface area contributed by atoms with Gasteiger partial charge < -0.3 is 0 Å². The minimum absolute atomic E-state index is 0.896. The number of benzene rings is 1. The Kier molecular flexibility index (Phi) is 3.10. The van der Waals surface area contributed by atoms with E-state index in [0.29, 0.717) is 0 Å². The van der Waals surface area contributed by atoms with Crippen molar-refractivity contribution in [2.24, 2.45) is 0 Å². The lowest BCUT2D eigenvalue weighted by atomic mass is 10.2. The maximum Gasteiger partial charge on any atom is 0.0448 e. The summed E-state index contributed by atoms with van der Waals surface area (Å²) in [5.74, 6) is 0. The predicted octanol–water partition coefficient (Wildman–Crippen LogP) is 3.58. The molecule has 1 aromatic carbocycles. The average molecular weight is 177 g/mol. The second kappa shape index (κ2) is 3.90. The van der Waals surface area contributed by atoms with Crippen LogP contribution in [0.15, 0.2) is 30.3 Å². The topological polar surface area (TPSA) is 0 Å². The standard InChI is InChI=1S/C11H17Si/c1-12(2,3)10-9-11-7-5-4-6-8-11/h4-9H,10H2,1-3H3. The van der Waals surface area contributed by atoms with Gasteiger partial charge in [0.25, 0.3) is 0 Å². The average Bonchev–Trinajstić information content (AvgIpc) is 2.02. The molecule has 0 aliphatic carbocycles. The highest BCUT2D eigenvalue weighted by molar-refractivity contribution is 6.76. The first-order valence-electron chi connectivity index (χ1n) is 4.46. The molecule has 0 saturated heterocycles. The van der Waals surface area contributed by atoms with Gasteiger partial charge >= 0.3 is 0 Å². The van der Waals surface area contributed by atoms with Gasteiger partial charge in [0, 0.05) is 8.07 Å². The summed E-state index contributed by atoms with van der Waals surface area (Å²) >= 11 is 0. The van der Waals surface area contributed by atoms with Crippen molar-refractivity contribution in [2.75, 3.05) is 0 Å². The fourth-order valence-corrected chi connectivity index (χ4v) is 1.86. The van der Waals surface area contributed by atoms with Gasteiger partial charge in [-0.15, -0.1) is 0 Å². The van der Waals surface area contributed by atoms with Crippen molar-refractivity contribution in [1.82, 2.24) is 0 Å². The largest absolute Gasteiger partial charge is 0.0695 e. The molecule has 0 bridgehead atoms. The molecule has 0 spiro atoms. The molecular formula is C11H17Si. The van der Waals surface area contributed by atoms with Crippen LogP contribution in [0.1, 0.15) is 5.56 Å². The zero-order valence-electron chi connectivity index (χ0n) is 8.17. The van der Waals surface area contributed by atoms with E-state index in [0.717, 1.165) is 0 Å². The molecule has 0 aromatic heterocycles. The van der Waals surface area contributed by atoms with E-state index in [9.17, 15) is 0 Å². The summed E-state index contributed by atoms with van der Waals surface area (Å²) in [5, 5.41) is 0. The highest BCUT2D eigenvalue weighted by atomic mass is 28.3. The van der Waals surface area contributed by atoms with Crippen molar-refractivity contribution in [3.8, 4) is 0 Å². The van der Waals surface area contributed by atoms with Crippen molar-refractivity contribution in [3.05, 3.63) is 42.3 Å². The van der Waals surface area contributed by atoms with E-state index in [1.807, 2.05) is 0 Å². The fourth-order valence-electron chi connectivity index (χ4n) is 1.01. The van der Waals surface area contributed by atoms with Gasteiger partial charge in [-0.1, -0.05) is 56.0 Å². The van der Waals surface area contributed by atoms with E-state index in [4.69, 9.17) is 0 Å². The summed E-state index contributed by atoms with van der Waals surface area (Å²) in [6.07, 6.45) is 2.35. The van der Waals surface area contributed by atoms with E-state index >= 15 is 0 Å². The third-order valence-corrected chi connectivity index (χ3v) is 3.18. The van der Waals surface area contributed by atoms with Crippen LogP contribution in [0.4, 0.5) is 0 Å². The molecule has 0 atom stereocenters. The first kappa shape index (κ1) is 9.52. The van der Waals surface area contributed by atoms with Crippen molar-refractivity contribution < 1.29 is 0 Å². The minimum Gasteiger partial charge on any atom is -0.0695 e. The molecule has 1 heteroatoms. The Morgan fingerprint density at radius 2 is 1.67 bits per heavy atom. The molecule has 0 amide bonds. The molecule has 0 saturated carbocycles. The lowest BCUT2D eigenvalue weighted by Crippen LogP contribution is -2.19. The number of rotatable bonds is 3. The predicted molar refractivity (Wildman–Crippen MR) is 58.0 cm³/mol. The van der Waals surface area contributed by atoms with Gasteiger partial charge in [-0.25, -0.2) is 0 Å². The van der Waals surface area contributed by atoms with Crippen molar-refractivity contribution in [3.63, 3.8) is 0 Å². The van der Waals surface area contributed by atoms with Crippen LogP contribution in [0.25, 0.3) is 0 Å². The Morgan fingerprint density at radius 1 is 1.08 bits per heavy atom. The van der Waals surface area contributed by atoms with E-state index < -0.39 is 8.07 Å². The molecule has 1 aromatic rings. The second-order valence-corrected chi connectivity index (χ2v) is 9.91. The summed E-state index contributed by atoms with van der Waals surface area (Å²) in [6.45, 7) is 7.19. The Morgan fingerprint density at radius 3 is 2.17 bits per heavy atom. The Labute approximate surface area is 76.6 Å². The van der Waals surface area contributed by atoms with Crippen LogP contribution in [0, 0.1) is 6.42 Å². The van der Waals surface area contributed by atoms with Crippen LogP contribution in [-0.2, 0) is 0 Å². The SMILES string of the molecule is C[Si](C)(C)C[CH]c1ccccc1. The second-order valence-electron chi connectivity index (χ2n) is 4.38. The third kappa shape index (κ3) is 3.72. The van der Waals surface area contributed by atoms with Crippen LogP contribution in [0.3, 0.4) is 0 Å². The molecule has 0 unspecified atom stereocenters. The third-order valence-electron chi connectivity index (χ3n) is 1.75. The molecule has 0 nitrogen and oxygen atoms in total. The highest BCUT2D eigenvalue weighted by Gasteiger charge is 2.12. The molecular weight excluding hydrogens is 160 g/mol. The van der Waals surface area contributed by atoms with Gasteiger partial charge in [-0.2, -0.15) is 0 Å². The van der Waals surface area contributed by atoms with Crippen LogP contribution in [0.2, 0.25) is 25.7 Å². The van der Waals surface area contributed by atoms with Crippen LogP contribution < -0.4 is 0 Å². The van der Waals surface area contributed by atoms with Gasteiger partial charge in [0.05, 0.1) is 0 Å². The van der Waals surface area contributed by atoms with Crippen molar-refractivity contribution >= 4 is 8.07 Å². The Bertz CT molecular complexity index is 221. The molecule has 0 heterocycles. The van der Waals surface area contributed by atoms with Crippen LogP contribution in [-0.4, -0.2) is 8.07 Å². The van der Waals surface area contributed by atoms with Gasteiger partial charge in [0.1, 0.15) is 0 Å². The maximum atomic E-state index is 2.40. The quantitative estimate of drug-likeness (QED) is 0.619. The molecule has 0 N–H and O–H groups in total. The lowest BCUT2D eigenvalue weighted by Gasteiger charge is -2.14. The summed E-state index contributed by atoms with van der Waals surface area (Å²) in [7, 11) is -0.896. The zero-order valence-corrected chi connectivity index (χ0v) is 9.17. The van der Waals surface area contributed by atoms with Crippen molar-refractivity contribution in [1.29, 1.82) is 0 Å². The first-order valence-corrected chi connectivity index (χ1v) is 8.17. The Balaban J connectivity index is 2.44.